The third-order valence-electron chi connectivity index (χ3n) is 5.65. The fourth-order valence-electron chi connectivity index (χ4n) is 4.21. The Morgan fingerprint density at radius 3 is 2.52 bits per heavy atom. The maximum atomic E-state index is 12.5. The van der Waals surface area contributed by atoms with Gasteiger partial charge in [-0.1, -0.05) is 45.4 Å². The fraction of sp³-hybridized carbons (Fsp3) is 0.944. The van der Waals surface area contributed by atoms with Gasteiger partial charge in [-0.15, -0.1) is 0 Å². The van der Waals surface area contributed by atoms with Gasteiger partial charge in [0, 0.05) is 19.5 Å². The van der Waals surface area contributed by atoms with Crippen molar-refractivity contribution in [3.63, 3.8) is 0 Å². The van der Waals surface area contributed by atoms with Crippen molar-refractivity contribution in [1.29, 1.82) is 0 Å². The van der Waals surface area contributed by atoms with E-state index in [0.717, 1.165) is 37.6 Å². The van der Waals surface area contributed by atoms with E-state index in [2.05, 4.69) is 24.5 Å². The summed E-state index contributed by atoms with van der Waals surface area (Å²) in [5.74, 6) is 2.11. The number of rotatable bonds is 5. The number of carbonyl (C=O) groups excluding carboxylic acids is 1. The average molecular weight is 312 g/mol. The molecule has 1 saturated carbocycles. The van der Waals surface area contributed by atoms with Crippen molar-refractivity contribution in [2.75, 3.05) is 18.8 Å². The maximum absolute atomic E-state index is 12.5. The van der Waals surface area contributed by atoms with Gasteiger partial charge >= 0.3 is 0 Å². The Morgan fingerprint density at radius 2 is 1.90 bits per heavy atom. The standard InChI is InChI=1S/C18H33NOS/c1-2-7-16-8-9-17(20)19(13-10-16)14-18(15-21)11-5-3-4-6-12-18/h16,21H,2-15H2,1H3. The summed E-state index contributed by atoms with van der Waals surface area (Å²) in [6.45, 7) is 4.21. The van der Waals surface area contributed by atoms with Crippen LogP contribution in [-0.4, -0.2) is 29.6 Å². The maximum Gasteiger partial charge on any atom is 0.222 e. The van der Waals surface area contributed by atoms with E-state index < -0.39 is 0 Å². The number of likely N-dealkylation sites (tertiary alicyclic amines) is 1. The zero-order valence-electron chi connectivity index (χ0n) is 13.8. The van der Waals surface area contributed by atoms with Gasteiger partial charge in [0.15, 0.2) is 0 Å². The van der Waals surface area contributed by atoms with Gasteiger partial charge in [-0.2, -0.15) is 12.6 Å². The molecule has 3 heteroatoms. The molecule has 0 aromatic rings. The van der Waals surface area contributed by atoms with Crippen LogP contribution in [0.2, 0.25) is 0 Å². The lowest BCUT2D eigenvalue weighted by atomic mass is 9.81. The zero-order valence-corrected chi connectivity index (χ0v) is 14.7. The average Bonchev–Trinajstić information content (AvgIpc) is 2.82. The third-order valence-corrected chi connectivity index (χ3v) is 6.32. The molecule has 1 saturated heterocycles. The summed E-state index contributed by atoms with van der Waals surface area (Å²) in [7, 11) is 0. The highest BCUT2D eigenvalue weighted by Crippen LogP contribution is 2.37. The number of carbonyl (C=O) groups is 1. The van der Waals surface area contributed by atoms with Crippen LogP contribution in [0, 0.1) is 11.3 Å². The molecule has 1 amide bonds. The summed E-state index contributed by atoms with van der Waals surface area (Å²) in [5.41, 5.74) is 0.292. The van der Waals surface area contributed by atoms with Gasteiger partial charge in [-0.3, -0.25) is 4.79 Å². The van der Waals surface area contributed by atoms with E-state index in [9.17, 15) is 4.79 Å². The molecule has 2 fully saturated rings. The number of hydrogen-bond acceptors (Lipinski definition) is 2. The molecule has 0 spiro atoms. The first kappa shape index (κ1) is 17.2. The Labute approximate surface area is 136 Å². The van der Waals surface area contributed by atoms with Gasteiger partial charge in [0.05, 0.1) is 0 Å². The first-order valence-corrected chi connectivity index (χ1v) is 9.71. The zero-order chi connectivity index (χ0) is 15.1. The molecule has 0 N–H and O–H groups in total. The quantitative estimate of drug-likeness (QED) is 0.577. The van der Waals surface area contributed by atoms with Crippen molar-refractivity contribution in [3.8, 4) is 0 Å². The van der Waals surface area contributed by atoms with Crippen LogP contribution in [0.1, 0.15) is 77.6 Å². The highest BCUT2D eigenvalue weighted by molar-refractivity contribution is 7.80. The number of hydrogen-bond donors (Lipinski definition) is 1. The van der Waals surface area contributed by atoms with Crippen LogP contribution < -0.4 is 0 Å². The number of thiol groups is 1. The summed E-state index contributed by atoms with van der Waals surface area (Å²) in [6.07, 6.45) is 13.5. The lowest BCUT2D eigenvalue weighted by molar-refractivity contribution is -0.132. The van der Waals surface area contributed by atoms with E-state index in [0.29, 0.717) is 11.3 Å². The molecule has 0 aromatic heterocycles. The van der Waals surface area contributed by atoms with E-state index >= 15 is 0 Å². The van der Waals surface area contributed by atoms with Gasteiger partial charge in [-0.05, 0) is 42.8 Å². The summed E-state index contributed by atoms with van der Waals surface area (Å²) in [4.78, 5) is 14.7. The van der Waals surface area contributed by atoms with Gasteiger partial charge in [0.1, 0.15) is 0 Å². The molecule has 2 aliphatic rings. The SMILES string of the molecule is CCCC1CCC(=O)N(CC2(CS)CCCCCC2)CC1. The minimum Gasteiger partial charge on any atom is -0.342 e. The minimum atomic E-state index is 0.292. The van der Waals surface area contributed by atoms with Crippen LogP contribution in [-0.2, 0) is 4.79 Å². The molecule has 21 heavy (non-hydrogen) atoms. The second-order valence-corrected chi connectivity index (χ2v) is 7.69. The van der Waals surface area contributed by atoms with Gasteiger partial charge in [-0.25, -0.2) is 0 Å². The second-order valence-electron chi connectivity index (χ2n) is 7.37. The van der Waals surface area contributed by atoms with Crippen molar-refractivity contribution in [2.45, 2.75) is 77.6 Å². The first-order chi connectivity index (χ1) is 10.2. The Balaban J connectivity index is 1.97. The molecule has 1 unspecified atom stereocenters. The predicted octanol–water partition coefficient (Wildman–Crippen LogP) is 4.69. The molecule has 1 atom stereocenters. The lowest BCUT2D eigenvalue weighted by Crippen LogP contribution is -2.42. The molecule has 2 nitrogen and oxygen atoms in total. The van der Waals surface area contributed by atoms with Gasteiger partial charge < -0.3 is 4.90 Å². The molecule has 0 bridgehead atoms. The van der Waals surface area contributed by atoms with Crippen LogP contribution in [0.3, 0.4) is 0 Å². The Kier molecular flexibility index (Phi) is 6.91. The van der Waals surface area contributed by atoms with Gasteiger partial charge in [0.25, 0.3) is 0 Å². The summed E-state index contributed by atoms with van der Waals surface area (Å²) in [6, 6.07) is 0. The van der Waals surface area contributed by atoms with Crippen LogP contribution >= 0.6 is 12.6 Å². The summed E-state index contributed by atoms with van der Waals surface area (Å²) in [5, 5.41) is 0. The smallest absolute Gasteiger partial charge is 0.222 e. The van der Waals surface area contributed by atoms with E-state index in [1.165, 1.54) is 57.8 Å². The third kappa shape index (κ3) is 4.91. The van der Waals surface area contributed by atoms with E-state index in [1.807, 2.05) is 0 Å². The topological polar surface area (TPSA) is 20.3 Å². The molecule has 1 aliphatic heterocycles. The minimum absolute atomic E-state index is 0.292. The van der Waals surface area contributed by atoms with Crippen molar-refractivity contribution < 1.29 is 4.79 Å². The van der Waals surface area contributed by atoms with E-state index in [1.54, 1.807) is 0 Å². The Bertz CT molecular complexity index is 323. The molecule has 2 rings (SSSR count). The Hall–Kier alpha value is -0.180. The fourth-order valence-corrected chi connectivity index (χ4v) is 4.62. The van der Waals surface area contributed by atoms with E-state index in [-0.39, 0.29) is 0 Å². The van der Waals surface area contributed by atoms with Crippen molar-refractivity contribution in [2.24, 2.45) is 11.3 Å². The number of nitrogens with zero attached hydrogens (tertiary/aromatic N) is 1. The van der Waals surface area contributed by atoms with Crippen LogP contribution in [0.25, 0.3) is 0 Å². The van der Waals surface area contributed by atoms with Crippen molar-refractivity contribution in [1.82, 2.24) is 4.90 Å². The highest BCUT2D eigenvalue weighted by atomic mass is 32.1. The predicted molar refractivity (Wildman–Crippen MR) is 92.8 cm³/mol. The van der Waals surface area contributed by atoms with Crippen LogP contribution in [0.4, 0.5) is 0 Å². The normalized spacial score (nSPS) is 27.2. The number of amides is 1. The molecule has 122 valence electrons. The molecular formula is C18H33NOS. The molecule has 0 aromatic carbocycles. The monoisotopic (exact) mass is 311 g/mol. The lowest BCUT2D eigenvalue weighted by Gasteiger charge is -2.37. The molecule has 1 aliphatic carbocycles. The van der Waals surface area contributed by atoms with Crippen molar-refractivity contribution in [3.05, 3.63) is 0 Å². The molecular weight excluding hydrogens is 278 g/mol. The second kappa shape index (κ2) is 8.45. The summed E-state index contributed by atoms with van der Waals surface area (Å²) >= 11 is 4.67. The van der Waals surface area contributed by atoms with Crippen molar-refractivity contribution >= 4 is 18.5 Å². The highest BCUT2D eigenvalue weighted by Gasteiger charge is 2.34. The Morgan fingerprint density at radius 1 is 1.19 bits per heavy atom. The van der Waals surface area contributed by atoms with Gasteiger partial charge in [0.2, 0.25) is 5.91 Å². The first-order valence-electron chi connectivity index (χ1n) is 9.08. The summed E-state index contributed by atoms with van der Waals surface area (Å²) < 4.78 is 0. The van der Waals surface area contributed by atoms with Crippen LogP contribution in [0.5, 0.6) is 0 Å². The van der Waals surface area contributed by atoms with E-state index in [4.69, 9.17) is 0 Å². The molecule has 1 heterocycles. The largest absolute Gasteiger partial charge is 0.342 e. The molecule has 0 radical (unpaired) electrons. The van der Waals surface area contributed by atoms with Crippen LogP contribution in [0.15, 0.2) is 0 Å².